The Labute approximate surface area is 186 Å². The van der Waals surface area contributed by atoms with Crippen LogP contribution in [-0.2, 0) is 18.4 Å². The van der Waals surface area contributed by atoms with Gasteiger partial charge in [-0.15, -0.1) is 0 Å². The van der Waals surface area contributed by atoms with Crippen LogP contribution in [0.25, 0.3) is 0 Å². The summed E-state index contributed by atoms with van der Waals surface area (Å²) in [7, 11) is 3.32. The highest BCUT2D eigenvalue weighted by atomic mass is 16.5. The fraction of sp³-hybridized carbons (Fsp3) is 0.500. The summed E-state index contributed by atoms with van der Waals surface area (Å²) in [4.78, 5) is 21.4. The third-order valence-electron chi connectivity index (χ3n) is 5.64. The molecule has 1 aliphatic rings. The molecule has 1 fully saturated rings. The van der Waals surface area contributed by atoms with Crippen LogP contribution in [-0.4, -0.2) is 49.1 Å². The van der Waals surface area contributed by atoms with Crippen LogP contribution in [0.5, 0.6) is 5.88 Å². The number of hydrogen-bond donors (Lipinski definition) is 2. The van der Waals surface area contributed by atoms with Crippen molar-refractivity contribution in [2.75, 3.05) is 12.4 Å². The van der Waals surface area contributed by atoms with E-state index in [2.05, 4.69) is 44.4 Å². The monoisotopic (exact) mass is 439 g/mol. The van der Waals surface area contributed by atoms with Crippen molar-refractivity contribution in [3.8, 4) is 5.88 Å². The van der Waals surface area contributed by atoms with Gasteiger partial charge in [0.25, 0.3) is 5.91 Å². The lowest BCUT2D eigenvalue weighted by Gasteiger charge is -2.16. The molecule has 3 heterocycles. The highest BCUT2D eigenvalue weighted by Crippen LogP contribution is 2.37. The van der Waals surface area contributed by atoms with Gasteiger partial charge in [-0.2, -0.15) is 10.2 Å². The summed E-state index contributed by atoms with van der Waals surface area (Å²) in [6.45, 7) is 4.52. The minimum Gasteiger partial charge on any atom is -0.473 e. The summed E-state index contributed by atoms with van der Waals surface area (Å²) in [6, 6.07) is 3.60. The predicted molar refractivity (Wildman–Crippen MR) is 118 cm³/mol. The third kappa shape index (κ3) is 4.80. The van der Waals surface area contributed by atoms with Crippen molar-refractivity contribution >= 4 is 11.7 Å². The van der Waals surface area contributed by atoms with Crippen LogP contribution in [0.15, 0.2) is 24.5 Å². The summed E-state index contributed by atoms with van der Waals surface area (Å²) in [5.74, 6) is 1.37. The first kappa shape index (κ1) is 21.9. The van der Waals surface area contributed by atoms with Crippen molar-refractivity contribution < 1.29 is 14.3 Å². The first-order chi connectivity index (χ1) is 15.4. The molecule has 1 aliphatic carbocycles. The molecule has 0 bridgehead atoms. The quantitative estimate of drug-likeness (QED) is 0.553. The number of H-pyrrole nitrogens is 1. The number of aryl methyl sites for hydroxylation is 1. The van der Waals surface area contributed by atoms with Gasteiger partial charge in [0.1, 0.15) is 17.5 Å². The van der Waals surface area contributed by atoms with E-state index in [4.69, 9.17) is 9.47 Å². The van der Waals surface area contributed by atoms with Gasteiger partial charge >= 0.3 is 0 Å². The Hall–Kier alpha value is -3.27. The van der Waals surface area contributed by atoms with E-state index < -0.39 is 0 Å². The number of nitrogens with zero attached hydrogens (tertiary/aromatic N) is 5. The molecule has 0 radical (unpaired) electrons. The van der Waals surface area contributed by atoms with Crippen molar-refractivity contribution in [3.05, 3.63) is 47.3 Å². The van der Waals surface area contributed by atoms with Crippen molar-refractivity contribution in [1.29, 1.82) is 0 Å². The minimum absolute atomic E-state index is 0.0733. The van der Waals surface area contributed by atoms with Crippen LogP contribution in [0, 0.1) is 0 Å². The Balaban J connectivity index is 1.37. The maximum atomic E-state index is 12.6. The molecule has 3 aromatic heterocycles. The van der Waals surface area contributed by atoms with Gasteiger partial charge in [0.2, 0.25) is 5.88 Å². The van der Waals surface area contributed by atoms with Gasteiger partial charge in [0.15, 0.2) is 5.82 Å². The van der Waals surface area contributed by atoms with E-state index >= 15 is 0 Å². The zero-order chi connectivity index (χ0) is 22.7. The van der Waals surface area contributed by atoms with Gasteiger partial charge in [-0.05, 0) is 25.3 Å². The van der Waals surface area contributed by atoms with Crippen LogP contribution in [0.3, 0.4) is 0 Å². The fourth-order valence-electron chi connectivity index (χ4n) is 4.06. The van der Waals surface area contributed by atoms with E-state index in [-0.39, 0.29) is 23.8 Å². The number of hydrogen-bond acceptors (Lipinski definition) is 7. The van der Waals surface area contributed by atoms with Crippen LogP contribution < -0.4 is 10.1 Å². The van der Waals surface area contributed by atoms with Crippen LogP contribution >= 0.6 is 0 Å². The topological polar surface area (TPSA) is 120 Å². The lowest BCUT2D eigenvalue weighted by Crippen LogP contribution is -2.16. The predicted octanol–water partition coefficient (Wildman–Crippen LogP) is 3.17. The molecular formula is C22H29N7O3. The Morgan fingerprint density at radius 2 is 2.09 bits per heavy atom. The van der Waals surface area contributed by atoms with E-state index in [0.717, 1.165) is 30.7 Å². The molecule has 3 aromatic rings. The number of methoxy groups -OCH3 is 1. The molecule has 1 amide bonds. The Morgan fingerprint density at radius 1 is 1.28 bits per heavy atom. The molecule has 0 saturated heterocycles. The SMILES string of the molecule is COCc1cc(C(=O)Nc2cc([C@@H]3CC[C@H](Oc4nccnc4C(C)C)C3)[nH]n2)n(C)n1. The lowest BCUT2D eigenvalue weighted by molar-refractivity contribution is 0.101. The molecule has 2 N–H and O–H groups in total. The second-order valence-electron chi connectivity index (χ2n) is 8.39. The van der Waals surface area contributed by atoms with Gasteiger partial charge in [0.05, 0.1) is 12.3 Å². The summed E-state index contributed by atoms with van der Waals surface area (Å²) < 4.78 is 12.8. The van der Waals surface area contributed by atoms with E-state index in [1.165, 1.54) is 4.68 Å². The summed E-state index contributed by atoms with van der Waals surface area (Å²) in [6.07, 6.45) is 6.19. The number of aromatic amines is 1. The molecule has 2 atom stereocenters. The van der Waals surface area contributed by atoms with Gasteiger partial charge in [-0.1, -0.05) is 13.8 Å². The van der Waals surface area contributed by atoms with Crippen LogP contribution in [0.2, 0.25) is 0 Å². The molecule has 32 heavy (non-hydrogen) atoms. The second kappa shape index (κ2) is 9.47. The third-order valence-corrected chi connectivity index (χ3v) is 5.64. The molecular weight excluding hydrogens is 410 g/mol. The van der Waals surface area contributed by atoms with Crippen LogP contribution in [0.1, 0.15) is 72.5 Å². The number of rotatable bonds is 8. The molecule has 0 unspecified atom stereocenters. The first-order valence-electron chi connectivity index (χ1n) is 10.8. The standard InChI is InChI=1S/C22H29N7O3/c1-13(2)20-22(24-8-7-23-20)32-16-6-5-14(9-16)17-11-19(27-26-17)25-21(30)18-10-15(12-31-4)28-29(18)3/h7-8,10-11,13-14,16H,5-6,9,12H2,1-4H3,(H2,25,26,27,30)/t14-,16+/m1/s1. The number of amides is 1. The number of nitrogens with one attached hydrogen (secondary N) is 2. The Morgan fingerprint density at radius 3 is 2.88 bits per heavy atom. The van der Waals surface area contributed by atoms with E-state index in [1.807, 2.05) is 6.07 Å². The number of ether oxygens (including phenoxy) is 2. The number of aromatic nitrogens is 6. The Kier molecular flexibility index (Phi) is 6.50. The van der Waals surface area contributed by atoms with Gasteiger partial charge in [-0.3, -0.25) is 19.6 Å². The maximum Gasteiger partial charge on any atom is 0.275 e. The van der Waals surface area contributed by atoms with Crippen molar-refractivity contribution in [2.45, 2.75) is 57.7 Å². The molecule has 10 heteroatoms. The highest BCUT2D eigenvalue weighted by Gasteiger charge is 2.30. The van der Waals surface area contributed by atoms with Crippen molar-refractivity contribution in [1.82, 2.24) is 29.9 Å². The molecule has 1 saturated carbocycles. The molecule has 170 valence electrons. The van der Waals surface area contributed by atoms with Crippen LogP contribution in [0.4, 0.5) is 5.82 Å². The molecule has 0 spiro atoms. The zero-order valence-corrected chi connectivity index (χ0v) is 18.8. The maximum absolute atomic E-state index is 12.6. The summed E-state index contributed by atoms with van der Waals surface area (Å²) in [5, 5.41) is 14.4. The molecule has 0 aliphatic heterocycles. The zero-order valence-electron chi connectivity index (χ0n) is 18.8. The first-order valence-corrected chi connectivity index (χ1v) is 10.8. The van der Waals surface area contributed by atoms with E-state index in [1.54, 1.807) is 32.6 Å². The highest BCUT2D eigenvalue weighted by molar-refractivity contribution is 6.02. The number of carbonyl (C=O) groups is 1. The Bertz CT molecular complexity index is 1080. The summed E-state index contributed by atoms with van der Waals surface area (Å²) in [5.41, 5.74) is 3.01. The van der Waals surface area contributed by atoms with Crippen molar-refractivity contribution in [2.24, 2.45) is 7.05 Å². The average Bonchev–Trinajstić information content (AvgIpc) is 3.49. The number of anilines is 1. The molecule has 10 nitrogen and oxygen atoms in total. The smallest absolute Gasteiger partial charge is 0.275 e. The normalized spacial score (nSPS) is 18.3. The average molecular weight is 440 g/mol. The van der Waals surface area contributed by atoms with Gasteiger partial charge < -0.3 is 14.8 Å². The van der Waals surface area contributed by atoms with Gasteiger partial charge in [-0.25, -0.2) is 4.98 Å². The molecule has 4 rings (SSSR count). The van der Waals surface area contributed by atoms with E-state index in [9.17, 15) is 4.79 Å². The second-order valence-corrected chi connectivity index (χ2v) is 8.39. The van der Waals surface area contributed by atoms with Crippen molar-refractivity contribution in [3.63, 3.8) is 0 Å². The van der Waals surface area contributed by atoms with Gasteiger partial charge in [0, 0.05) is 50.1 Å². The summed E-state index contributed by atoms with van der Waals surface area (Å²) >= 11 is 0. The minimum atomic E-state index is -0.267. The fourth-order valence-corrected chi connectivity index (χ4v) is 4.06. The van der Waals surface area contributed by atoms with E-state index in [0.29, 0.717) is 29.7 Å². The number of carbonyl (C=O) groups excluding carboxylic acids is 1. The lowest BCUT2D eigenvalue weighted by atomic mass is 10.0. The largest absolute Gasteiger partial charge is 0.473 e. The molecule has 0 aromatic carbocycles.